The van der Waals surface area contributed by atoms with Gasteiger partial charge in [0.25, 0.3) is 0 Å². The number of allylic oxidation sites excluding steroid dienone is 1. The molecule has 2 heteroatoms. The molecule has 1 aromatic carbocycles. The van der Waals surface area contributed by atoms with Crippen LogP contribution in [0.2, 0.25) is 0 Å². The monoisotopic (exact) mass is 185 g/mol. The smallest absolute Gasteiger partial charge is 0.242 e. The molecule has 0 amide bonds. The average Bonchev–Trinajstić information content (AvgIpc) is 2.74. The highest BCUT2D eigenvalue weighted by Gasteiger charge is 2.12. The van der Waals surface area contributed by atoms with Gasteiger partial charge in [0.2, 0.25) is 6.33 Å². The topological polar surface area (TPSA) is 19.7 Å². The molecule has 0 fully saturated rings. The Morgan fingerprint density at radius 2 is 2.07 bits per heavy atom. The highest BCUT2D eigenvalue weighted by molar-refractivity contribution is 5.20. The molecule has 0 spiro atoms. The van der Waals surface area contributed by atoms with Crippen LogP contribution in [0.1, 0.15) is 11.6 Å². The number of nitrogens with one attached hydrogen (secondary N) is 1. The van der Waals surface area contributed by atoms with E-state index in [9.17, 15) is 0 Å². The highest BCUT2D eigenvalue weighted by atomic mass is 15.0. The van der Waals surface area contributed by atoms with E-state index in [0.29, 0.717) is 0 Å². The number of nitrogens with zero attached hydrogens (tertiary/aromatic N) is 1. The summed E-state index contributed by atoms with van der Waals surface area (Å²) >= 11 is 0. The van der Waals surface area contributed by atoms with Crippen LogP contribution in [0.3, 0.4) is 0 Å². The minimum atomic E-state index is 0.211. The van der Waals surface area contributed by atoms with Crippen molar-refractivity contribution >= 4 is 0 Å². The Bertz CT molecular complexity index is 390. The number of hydrogen-bond acceptors (Lipinski definition) is 0. The van der Waals surface area contributed by atoms with Crippen molar-refractivity contribution in [3.63, 3.8) is 0 Å². The fourth-order valence-electron chi connectivity index (χ4n) is 1.55. The van der Waals surface area contributed by atoms with E-state index in [2.05, 4.69) is 28.3 Å². The minimum Gasteiger partial charge on any atom is -0.250 e. The zero-order valence-electron chi connectivity index (χ0n) is 7.93. The molecule has 1 aromatic heterocycles. The molecule has 0 aliphatic carbocycles. The number of aromatic nitrogens is 2. The summed E-state index contributed by atoms with van der Waals surface area (Å²) in [5.41, 5.74) is 1.24. The summed E-state index contributed by atoms with van der Waals surface area (Å²) in [6, 6.07) is 10.5. The second-order valence-corrected chi connectivity index (χ2v) is 3.15. The number of aromatic amines is 1. The van der Waals surface area contributed by atoms with Crippen molar-refractivity contribution in [2.45, 2.75) is 6.04 Å². The molecule has 1 unspecified atom stereocenters. The van der Waals surface area contributed by atoms with Gasteiger partial charge in [-0.05, 0) is 6.08 Å². The molecule has 0 bridgehead atoms. The van der Waals surface area contributed by atoms with Crippen LogP contribution in [-0.4, -0.2) is 4.98 Å². The molecule has 70 valence electrons. The van der Waals surface area contributed by atoms with Gasteiger partial charge < -0.3 is 0 Å². The predicted octanol–water partition coefficient (Wildman–Crippen LogP) is 2.08. The first-order chi connectivity index (χ1) is 6.92. The van der Waals surface area contributed by atoms with E-state index in [-0.39, 0.29) is 6.04 Å². The lowest BCUT2D eigenvalue weighted by Crippen LogP contribution is -2.36. The quantitative estimate of drug-likeness (QED) is 0.558. The summed E-state index contributed by atoms with van der Waals surface area (Å²) in [7, 11) is 0. The second kappa shape index (κ2) is 3.92. The van der Waals surface area contributed by atoms with E-state index in [0.717, 1.165) is 0 Å². The van der Waals surface area contributed by atoms with Crippen molar-refractivity contribution in [3.8, 4) is 0 Å². The van der Waals surface area contributed by atoms with E-state index < -0.39 is 0 Å². The third kappa shape index (κ3) is 1.59. The second-order valence-electron chi connectivity index (χ2n) is 3.15. The van der Waals surface area contributed by atoms with Gasteiger partial charge in [-0.1, -0.05) is 36.9 Å². The van der Waals surface area contributed by atoms with Crippen molar-refractivity contribution in [2.75, 3.05) is 0 Å². The van der Waals surface area contributed by atoms with Crippen LogP contribution in [0.5, 0.6) is 0 Å². The van der Waals surface area contributed by atoms with Gasteiger partial charge in [0, 0.05) is 5.56 Å². The SMILES string of the molecule is C=CC(c1ccccc1)[n+]1cc[nH]c1. The summed E-state index contributed by atoms with van der Waals surface area (Å²) in [6.07, 6.45) is 7.77. The molecular weight excluding hydrogens is 172 g/mol. The van der Waals surface area contributed by atoms with Gasteiger partial charge in [0.15, 0.2) is 0 Å². The van der Waals surface area contributed by atoms with Crippen LogP contribution < -0.4 is 4.57 Å². The number of hydrogen-bond donors (Lipinski definition) is 1. The van der Waals surface area contributed by atoms with Gasteiger partial charge >= 0.3 is 0 Å². The van der Waals surface area contributed by atoms with Crippen molar-refractivity contribution in [1.29, 1.82) is 0 Å². The van der Waals surface area contributed by atoms with E-state index in [1.54, 1.807) is 0 Å². The van der Waals surface area contributed by atoms with E-state index in [1.807, 2.05) is 43.0 Å². The summed E-state index contributed by atoms with van der Waals surface area (Å²) in [6.45, 7) is 3.86. The van der Waals surface area contributed by atoms with E-state index in [4.69, 9.17) is 0 Å². The minimum absolute atomic E-state index is 0.211. The first-order valence-electron chi connectivity index (χ1n) is 4.63. The van der Waals surface area contributed by atoms with Crippen molar-refractivity contribution in [3.05, 3.63) is 67.3 Å². The molecular formula is C12H13N2+. The molecule has 1 heterocycles. The van der Waals surface area contributed by atoms with Gasteiger partial charge in [0.05, 0.1) is 0 Å². The van der Waals surface area contributed by atoms with E-state index in [1.165, 1.54) is 5.56 Å². The number of imidazole rings is 1. The van der Waals surface area contributed by atoms with Crippen LogP contribution >= 0.6 is 0 Å². The van der Waals surface area contributed by atoms with Crippen LogP contribution in [0, 0.1) is 0 Å². The molecule has 14 heavy (non-hydrogen) atoms. The van der Waals surface area contributed by atoms with Crippen LogP contribution in [0.4, 0.5) is 0 Å². The molecule has 0 saturated carbocycles. The van der Waals surface area contributed by atoms with Gasteiger partial charge in [-0.25, -0.2) is 4.57 Å². The number of benzene rings is 1. The lowest BCUT2D eigenvalue weighted by Gasteiger charge is -2.08. The lowest BCUT2D eigenvalue weighted by molar-refractivity contribution is -0.702. The Labute approximate surface area is 83.5 Å². The normalized spacial score (nSPS) is 12.3. The maximum Gasteiger partial charge on any atom is 0.242 e. The van der Waals surface area contributed by atoms with E-state index >= 15 is 0 Å². The standard InChI is InChI=1S/C12H12N2/c1-2-12(14-9-8-13-10-14)11-6-4-3-5-7-11/h2-10,12H,1H2/p+1. The summed E-state index contributed by atoms with van der Waals surface area (Å²) in [4.78, 5) is 3.03. The average molecular weight is 185 g/mol. The van der Waals surface area contributed by atoms with Crippen molar-refractivity contribution in [1.82, 2.24) is 4.98 Å². The fourth-order valence-corrected chi connectivity index (χ4v) is 1.55. The van der Waals surface area contributed by atoms with Gasteiger partial charge in [0.1, 0.15) is 18.4 Å². The molecule has 2 rings (SSSR count). The maximum atomic E-state index is 3.86. The Kier molecular flexibility index (Phi) is 2.45. The molecule has 2 nitrogen and oxygen atoms in total. The predicted molar refractivity (Wildman–Crippen MR) is 55.8 cm³/mol. The number of H-pyrrole nitrogens is 1. The lowest BCUT2D eigenvalue weighted by atomic mass is 10.1. The summed E-state index contributed by atoms with van der Waals surface area (Å²) in [5, 5.41) is 0. The van der Waals surface area contributed by atoms with Crippen LogP contribution in [-0.2, 0) is 0 Å². The third-order valence-electron chi connectivity index (χ3n) is 2.25. The van der Waals surface area contributed by atoms with Gasteiger partial charge in [-0.3, -0.25) is 4.98 Å². The molecule has 1 N–H and O–H groups in total. The first-order valence-corrected chi connectivity index (χ1v) is 4.63. The Hall–Kier alpha value is -1.83. The zero-order chi connectivity index (χ0) is 9.80. The van der Waals surface area contributed by atoms with Crippen LogP contribution in [0.25, 0.3) is 0 Å². The molecule has 1 atom stereocenters. The van der Waals surface area contributed by atoms with Crippen molar-refractivity contribution < 1.29 is 4.57 Å². The van der Waals surface area contributed by atoms with Crippen LogP contribution in [0.15, 0.2) is 61.7 Å². The fraction of sp³-hybridized carbons (Fsp3) is 0.0833. The Morgan fingerprint density at radius 3 is 2.64 bits per heavy atom. The molecule has 2 aromatic rings. The Morgan fingerprint density at radius 1 is 1.29 bits per heavy atom. The zero-order valence-corrected chi connectivity index (χ0v) is 7.93. The third-order valence-corrected chi connectivity index (χ3v) is 2.25. The molecule has 0 aliphatic heterocycles. The number of rotatable bonds is 3. The maximum absolute atomic E-state index is 3.86. The summed E-state index contributed by atoms with van der Waals surface area (Å²) in [5.74, 6) is 0. The first kappa shape index (κ1) is 8.75. The van der Waals surface area contributed by atoms with Gasteiger partial charge in [-0.15, -0.1) is 0 Å². The summed E-state index contributed by atoms with van der Waals surface area (Å²) < 4.78 is 2.09. The highest BCUT2D eigenvalue weighted by Crippen LogP contribution is 2.11. The molecule has 0 radical (unpaired) electrons. The van der Waals surface area contributed by atoms with Gasteiger partial charge in [-0.2, -0.15) is 0 Å². The molecule has 0 saturated heterocycles. The molecule has 0 aliphatic rings. The Balaban J connectivity index is 2.36. The largest absolute Gasteiger partial charge is 0.250 e. The van der Waals surface area contributed by atoms with Crippen molar-refractivity contribution in [2.24, 2.45) is 0 Å².